The van der Waals surface area contributed by atoms with Crippen molar-refractivity contribution in [2.75, 3.05) is 14.2 Å². The molecule has 188 valence electrons. The van der Waals surface area contributed by atoms with Gasteiger partial charge in [0, 0.05) is 40.9 Å². The van der Waals surface area contributed by atoms with Crippen LogP contribution in [0.1, 0.15) is 30.9 Å². The Balaban J connectivity index is 0.00000380. The number of rotatable bonds is 6. The van der Waals surface area contributed by atoms with E-state index in [0.29, 0.717) is 28.6 Å². The molecular weight excluding hydrogens is 661 g/mol. The quantitative estimate of drug-likeness (QED) is 0.265. The number of methoxy groups -OCH3 is 2. The van der Waals surface area contributed by atoms with Crippen molar-refractivity contribution in [1.29, 1.82) is 5.26 Å². The van der Waals surface area contributed by atoms with Crippen LogP contribution >= 0.6 is 0 Å². The van der Waals surface area contributed by atoms with Gasteiger partial charge in [-0.15, -0.1) is 12.1 Å². The molecule has 11 heteroatoms. The minimum atomic E-state index is -0.879. The van der Waals surface area contributed by atoms with E-state index >= 15 is 0 Å². The third kappa shape index (κ3) is 5.35. The number of imidazole rings is 1. The molecule has 0 saturated carbocycles. The molecule has 0 spiro atoms. The first-order valence-electron chi connectivity index (χ1n) is 10.5. The Morgan fingerprint density at radius 3 is 2.11 bits per heavy atom. The molecule has 0 saturated heterocycles. The molecule has 0 aliphatic rings. The largest absolute Gasteiger partial charge is 2.00 e. The van der Waals surface area contributed by atoms with Gasteiger partial charge >= 0.3 is 21.1 Å². The van der Waals surface area contributed by atoms with E-state index < -0.39 is 17.0 Å². The van der Waals surface area contributed by atoms with Gasteiger partial charge in [-0.1, -0.05) is 11.6 Å². The van der Waals surface area contributed by atoms with Gasteiger partial charge in [0.25, 0.3) is 0 Å². The molecule has 4 aromatic rings. The predicted octanol–water partition coefficient (Wildman–Crippen LogP) is 5.00. The maximum absolute atomic E-state index is 14.5. The smallest absolute Gasteiger partial charge is 0.548 e. The van der Waals surface area contributed by atoms with Crippen molar-refractivity contribution in [2.24, 2.45) is 0 Å². The summed E-state index contributed by atoms with van der Waals surface area (Å²) in [6.45, 7) is 10.9. The van der Waals surface area contributed by atoms with Crippen LogP contribution in [0.3, 0.4) is 0 Å². The number of nitriles is 1. The van der Waals surface area contributed by atoms with E-state index in [2.05, 4.69) is 30.8 Å². The van der Waals surface area contributed by atoms with E-state index in [9.17, 15) is 14.0 Å². The second-order valence-electron chi connectivity index (χ2n) is 8.16. The molecular formula is C26H18F2N6O2Pt. The Morgan fingerprint density at radius 2 is 1.59 bits per heavy atom. The standard InChI is InChI=1S/C26H18F2N6O2.Pt/c1-26(2,22-11-15(35-4)9-19(31-22)17-7-6-14(27)8-18(17)28)23-12-16(36-5)10-20(32-23)25-33-21(13-29)24(30-3)34-25;/h6,8-12H,1-2,4-5H3;/q-2;+2. The van der Waals surface area contributed by atoms with Gasteiger partial charge in [0.2, 0.25) is 0 Å². The van der Waals surface area contributed by atoms with Crippen molar-refractivity contribution < 1.29 is 39.3 Å². The maximum Gasteiger partial charge on any atom is 2.00 e. The number of halogens is 2. The van der Waals surface area contributed by atoms with Crippen LogP contribution in [0.2, 0.25) is 0 Å². The predicted molar refractivity (Wildman–Crippen MR) is 125 cm³/mol. The summed E-state index contributed by atoms with van der Waals surface area (Å²) in [7, 11) is 2.96. The molecule has 0 aliphatic carbocycles. The van der Waals surface area contributed by atoms with Crippen molar-refractivity contribution in [3.8, 4) is 40.3 Å². The second-order valence-corrected chi connectivity index (χ2v) is 8.16. The van der Waals surface area contributed by atoms with E-state index in [-0.39, 0.29) is 49.7 Å². The summed E-state index contributed by atoms with van der Waals surface area (Å²) in [5, 5.41) is 9.24. The second kappa shape index (κ2) is 10.9. The SMILES string of the molecule is [C-]#[N+]c1[n-]c(-c2cc(OC)cc(C(C)(C)c3cc(OC)cc(-c4[c-]cc(F)cc4F)n3)n2)nc1C#N.[Pt+2]. The molecule has 0 bridgehead atoms. The molecule has 37 heavy (non-hydrogen) atoms. The fourth-order valence-electron chi connectivity index (χ4n) is 3.50. The van der Waals surface area contributed by atoms with Gasteiger partial charge in [-0.3, -0.25) is 18.7 Å². The van der Waals surface area contributed by atoms with Crippen molar-refractivity contribution in [2.45, 2.75) is 19.3 Å². The summed E-state index contributed by atoms with van der Waals surface area (Å²) in [5.74, 6) is -0.716. The molecule has 1 aromatic carbocycles. The van der Waals surface area contributed by atoms with E-state index in [4.69, 9.17) is 16.0 Å². The number of hydrogen-bond acceptors (Lipinski definition) is 6. The molecule has 0 fully saturated rings. The van der Waals surface area contributed by atoms with Crippen LogP contribution in [-0.4, -0.2) is 29.2 Å². The van der Waals surface area contributed by atoms with E-state index in [1.54, 1.807) is 18.2 Å². The number of aromatic nitrogens is 4. The monoisotopic (exact) mass is 679 g/mol. The van der Waals surface area contributed by atoms with Crippen molar-refractivity contribution in [3.63, 3.8) is 0 Å². The van der Waals surface area contributed by atoms with E-state index in [1.165, 1.54) is 20.3 Å². The van der Waals surface area contributed by atoms with Crippen molar-refractivity contribution >= 4 is 5.82 Å². The average molecular weight is 680 g/mol. The van der Waals surface area contributed by atoms with Gasteiger partial charge < -0.3 is 14.3 Å². The first-order chi connectivity index (χ1) is 17.2. The third-order valence-electron chi connectivity index (χ3n) is 5.55. The number of hydrogen-bond donors (Lipinski definition) is 0. The topological polar surface area (TPSA) is 99.4 Å². The summed E-state index contributed by atoms with van der Waals surface area (Å²) >= 11 is 0. The average Bonchev–Trinajstić information content (AvgIpc) is 3.31. The van der Waals surface area contributed by atoms with E-state index in [0.717, 1.165) is 12.1 Å². The first kappa shape index (κ1) is 27.4. The van der Waals surface area contributed by atoms with Crippen LogP contribution in [0.25, 0.3) is 27.6 Å². The van der Waals surface area contributed by atoms with Gasteiger partial charge in [0.1, 0.15) is 29.0 Å². The Labute approximate surface area is 226 Å². The zero-order chi connectivity index (χ0) is 26.0. The van der Waals surface area contributed by atoms with Gasteiger partial charge in [0.15, 0.2) is 5.82 Å². The zero-order valence-corrected chi connectivity index (χ0v) is 22.3. The van der Waals surface area contributed by atoms with Crippen LogP contribution in [0.4, 0.5) is 14.6 Å². The summed E-state index contributed by atoms with van der Waals surface area (Å²) in [4.78, 5) is 20.8. The summed E-state index contributed by atoms with van der Waals surface area (Å²) in [5.41, 5.74) is 0.497. The maximum atomic E-state index is 14.5. The molecule has 0 aliphatic heterocycles. The third-order valence-corrected chi connectivity index (χ3v) is 5.55. The fraction of sp³-hybridized carbons (Fsp3) is 0.192. The Kier molecular flexibility index (Phi) is 8.05. The fourth-order valence-corrected chi connectivity index (χ4v) is 3.50. The normalized spacial score (nSPS) is 10.7. The molecule has 0 N–H and O–H groups in total. The first-order valence-corrected chi connectivity index (χ1v) is 10.5. The molecule has 0 unspecified atom stereocenters. The van der Waals surface area contributed by atoms with Crippen LogP contribution in [0.5, 0.6) is 11.5 Å². The van der Waals surface area contributed by atoms with Gasteiger partial charge in [-0.05, 0) is 25.6 Å². The summed E-state index contributed by atoms with van der Waals surface area (Å²) in [6, 6.07) is 12.8. The molecule has 4 rings (SSSR count). The van der Waals surface area contributed by atoms with Crippen LogP contribution in [-0.2, 0) is 26.5 Å². The minimum absolute atomic E-state index is 0. The summed E-state index contributed by atoms with van der Waals surface area (Å²) in [6.07, 6.45) is 0. The minimum Gasteiger partial charge on any atom is -0.548 e. The van der Waals surface area contributed by atoms with Gasteiger partial charge in [-0.25, -0.2) is 16.5 Å². The Morgan fingerprint density at radius 1 is 1.00 bits per heavy atom. The number of ether oxygens (including phenoxy) is 2. The number of pyridine rings is 2. The van der Waals surface area contributed by atoms with Crippen LogP contribution in [0.15, 0.2) is 36.4 Å². The van der Waals surface area contributed by atoms with Crippen LogP contribution in [0, 0.1) is 35.6 Å². The molecule has 3 heterocycles. The van der Waals surface area contributed by atoms with Crippen LogP contribution < -0.4 is 14.5 Å². The summed E-state index contributed by atoms with van der Waals surface area (Å²) < 4.78 is 38.8. The Hall–Kier alpha value is -4.14. The molecule has 0 atom stereocenters. The van der Waals surface area contributed by atoms with Gasteiger partial charge in [-0.2, -0.15) is 5.26 Å². The van der Waals surface area contributed by atoms with Gasteiger partial charge in [0.05, 0.1) is 25.7 Å². The molecule has 3 aromatic heterocycles. The zero-order valence-electron chi connectivity index (χ0n) is 20.0. The van der Waals surface area contributed by atoms with Crippen molar-refractivity contribution in [3.05, 3.63) is 82.6 Å². The molecule has 0 amide bonds. The molecule has 8 nitrogen and oxygen atoms in total. The molecule has 0 radical (unpaired) electrons. The van der Waals surface area contributed by atoms with E-state index in [1.807, 2.05) is 19.9 Å². The number of benzene rings is 1. The van der Waals surface area contributed by atoms with Crippen molar-refractivity contribution in [1.82, 2.24) is 19.9 Å². The Bertz CT molecular complexity index is 1520. The number of nitrogens with zero attached hydrogens (tertiary/aromatic N) is 6.